The van der Waals surface area contributed by atoms with Crippen molar-refractivity contribution in [1.82, 2.24) is 15.2 Å². The standard InChI is InChI=1S/C21H27N3O5/c1-4-28-21(27)17-13(2)18(23-14(17)3)20(26)24-9-5-7-15(12-24)19(25)22-11-16-8-6-10-29-16/h6,8,10,15,23H,4-5,7,9,11-12H2,1-3H3,(H,22,25)/t15-/m1/s1. The number of aromatic nitrogens is 1. The second-order valence-electron chi connectivity index (χ2n) is 7.23. The summed E-state index contributed by atoms with van der Waals surface area (Å²) in [5.41, 5.74) is 1.96. The Morgan fingerprint density at radius 1 is 1.34 bits per heavy atom. The molecule has 1 fully saturated rings. The number of rotatable bonds is 6. The van der Waals surface area contributed by atoms with Gasteiger partial charge in [-0.3, -0.25) is 9.59 Å². The van der Waals surface area contributed by atoms with E-state index in [1.54, 1.807) is 44.1 Å². The highest BCUT2D eigenvalue weighted by molar-refractivity contribution is 6.00. The van der Waals surface area contributed by atoms with E-state index in [-0.39, 0.29) is 24.3 Å². The molecule has 3 heterocycles. The molecule has 0 radical (unpaired) electrons. The number of likely N-dealkylation sites (tertiary alicyclic amines) is 1. The van der Waals surface area contributed by atoms with Crippen LogP contribution in [0.25, 0.3) is 0 Å². The third kappa shape index (κ3) is 4.52. The normalized spacial score (nSPS) is 16.5. The van der Waals surface area contributed by atoms with Crippen LogP contribution in [-0.2, 0) is 16.1 Å². The van der Waals surface area contributed by atoms with Crippen molar-refractivity contribution in [2.75, 3.05) is 19.7 Å². The molecule has 0 aromatic carbocycles. The van der Waals surface area contributed by atoms with Gasteiger partial charge >= 0.3 is 5.97 Å². The molecule has 8 nitrogen and oxygen atoms in total. The zero-order valence-electron chi connectivity index (χ0n) is 17.0. The van der Waals surface area contributed by atoms with Crippen molar-refractivity contribution in [3.05, 3.63) is 46.7 Å². The lowest BCUT2D eigenvalue weighted by molar-refractivity contribution is -0.126. The molecule has 2 aromatic rings. The molecule has 0 bridgehead atoms. The van der Waals surface area contributed by atoms with Crippen molar-refractivity contribution in [3.8, 4) is 0 Å². The SMILES string of the molecule is CCOC(=O)c1c(C)[nH]c(C(=O)N2CCC[C@@H](C(=O)NCc3ccco3)C2)c1C. The van der Waals surface area contributed by atoms with Gasteiger partial charge in [-0.1, -0.05) is 0 Å². The maximum absolute atomic E-state index is 13.1. The van der Waals surface area contributed by atoms with Gasteiger partial charge in [0.1, 0.15) is 11.5 Å². The van der Waals surface area contributed by atoms with Crippen LogP contribution in [0.15, 0.2) is 22.8 Å². The summed E-state index contributed by atoms with van der Waals surface area (Å²) in [6, 6.07) is 3.57. The number of aryl methyl sites for hydroxylation is 1. The van der Waals surface area contributed by atoms with E-state index >= 15 is 0 Å². The van der Waals surface area contributed by atoms with E-state index in [0.717, 1.165) is 12.8 Å². The van der Waals surface area contributed by atoms with Crippen molar-refractivity contribution < 1.29 is 23.5 Å². The van der Waals surface area contributed by atoms with E-state index in [1.165, 1.54) is 0 Å². The van der Waals surface area contributed by atoms with Crippen LogP contribution in [0, 0.1) is 19.8 Å². The second kappa shape index (κ2) is 8.98. The highest BCUT2D eigenvalue weighted by atomic mass is 16.5. The lowest BCUT2D eigenvalue weighted by Crippen LogP contribution is -2.45. The maximum Gasteiger partial charge on any atom is 0.340 e. The van der Waals surface area contributed by atoms with Crippen molar-refractivity contribution in [2.45, 2.75) is 40.2 Å². The first kappa shape index (κ1) is 20.7. The molecule has 0 spiro atoms. The van der Waals surface area contributed by atoms with Gasteiger partial charge in [0, 0.05) is 18.8 Å². The second-order valence-corrected chi connectivity index (χ2v) is 7.23. The summed E-state index contributed by atoms with van der Waals surface area (Å²) in [5, 5.41) is 2.87. The number of H-pyrrole nitrogens is 1. The van der Waals surface area contributed by atoms with Gasteiger partial charge in [0.25, 0.3) is 5.91 Å². The Balaban J connectivity index is 1.67. The van der Waals surface area contributed by atoms with Gasteiger partial charge in [0.05, 0.1) is 30.9 Å². The molecule has 1 aliphatic rings. The van der Waals surface area contributed by atoms with Crippen molar-refractivity contribution in [3.63, 3.8) is 0 Å². The number of amides is 2. The molecule has 2 amide bonds. The van der Waals surface area contributed by atoms with Gasteiger partial charge in [-0.05, 0) is 51.3 Å². The van der Waals surface area contributed by atoms with Crippen LogP contribution in [0.5, 0.6) is 0 Å². The number of hydrogen-bond donors (Lipinski definition) is 2. The smallest absolute Gasteiger partial charge is 0.340 e. The zero-order valence-corrected chi connectivity index (χ0v) is 17.0. The molecule has 1 aliphatic heterocycles. The van der Waals surface area contributed by atoms with Crippen LogP contribution < -0.4 is 5.32 Å². The van der Waals surface area contributed by atoms with Crippen LogP contribution in [-0.4, -0.2) is 47.4 Å². The molecule has 1 saturated heterocycles. The van der Waals surface area contributed by atoms with E-state index in [1.807, 2.05) is 0 Å². The van der Waals surface area contributed by atoms with Crippen LogP contribution in [0.2, 0.25) is 0 Å². The summed E-state index contributed by atoms with van der Waals surface area (Å²) >= 11 is 0. The average molecular weight is 401 g/mol. The monoisotopic (exact) mass is 401 g/mol. The minimum Gasteiger partial charge on any atom is -0.467 e. The summed E-state index contributed by atoms with van der Waals surface area (Å²) in [6.45, 7) is 6.74. The van der Waals surface area contributed by atoms with Gasteiger partial charge < -0.3 is 24.4 Å². The topological polar surface area (TPSA) is 105 Å². The first-order valence-corrected chi connectivity index (χ1v) is 9.88. The van der Waals surface area contributed by atoms with Crippen molar-refractivity contribution >= 4 is 17.8 Å². The summed E-state index contributed by atoms with van der Waals surface area (Å²) in [7, 11) is 0. The summed E-state index contributed by atoms with van der Waals surface area (Å²) in [4.78, 5) is 42.5. The number of ether oxygens (including phenoxy) is 1. The predicted octanol–water partition coefficient (Wildman–Crippen LogP) is 2.57. The number of furan rings is 1. The molecule has 0 aliphatic carbocycles. The number of aromatic amines is 1. The van der Waals surface area contributed by atoms with Gasteiger partial charge in [-0.2, -0.15) is 0 Å². The lowest BCUT2D eigenvalue weighted by atomic mass is 9.96. The summed E-state index contributed by atoms with van der Waals surface area (Å²) < 4.78 is 10.3. The molecule has 3 rings (SSSR count). The molecule has 8 heteroatoms. The Morgan fingerprint density at radius 2 is 2.14 bits per heavy atom. The quantitative estimate of drug-likeness (QED) is 0.724. The number of hydrogen-bond acceptors (Lipinski definition) is 5. The summed E-state index contributed by atoms with van der Waals surface area (Å²) in [6.07, 6.45) is 3.03. The first-order valence-electron chi connectivity index (χ1n) is 9.88. The highest BCUT2D eigenvalue weighted by Gasteiger charge is 2.31. The maximum atomic E-state index is 13.1. The summed E-state index contributed by atoms with van der Waals surface area (Å²) in [5.74, 6) is -0.323. The Kier molecular flexibility index (Phi) is 6.41. The number of piperidine rings is 1. The molecule has 1 atom stereocenters. The average Bonchev–Trinajstić information content (AvgIpc) is 3.33. The van der Waals surface area contributed by atoms with E-state index in [2.05, 4.69) is 10.3 Å². The van der Waals surface area contributed by atoms with Crippen molar-refractivity contribution in [1.29, 1.82) is 0 Å². The largest absolute Gasteiger partial charge is 0.467 e. The van der Waals surface area contributed by atoms with Crippen LogP contribution >= 0.6 is 0 Å². The van der Waals surface area contributed by atoms with E-state index in [4.69, 9.17) is 9.15 Å². The molecule has 156 valence electrons. The number of carbonyl (C=O) groups excluding carboxylic acids is 3. The van der Waals surface area contributed by atoms with E-state index in [9.17, 15) is 14.4 Å². The zero-order chi connectivity index (χ0) is 21.0. The van der Waals surface area contributed by atoms with Gasteiger partial charge in [-0.25, -0.2) is 4.79 Å². The van der Waals surface area contributed by atoms with E-state index < -0.39 is 5.97 Å². The Labute approximate surface area is 169 Å². The number of esters is 1. The molecule has 2 N–H and O–H groups in total. The molecule has 0 unspecified atom stereocenters. The number of nitrogens with zero attached hydrogens (tertiary/aromatic N) is 1. The van der Waals surface area contributed by atoms with Crippen LogP contribution in [0.1, 0.15) is 57.6 Å². The number of carbonyl (C=O) groups is 3. The minimum atomic E-state index is -0.438. The molecular weight excluding hydrogens is 374 g/mol. The van der Waals surface area contributed by atoms with Gasteiger partial charge in [-0.15, -0.1) is 0 Å². The van der Waals surface area contributed by atoms with Crippen LogP contribution in [0.3, 0.4) is 0 Å². The fourth-order valence-corrected chi connectivity index (χ4v) is 3.74. The van der Waals surface area contributed by atoms with E-state index in [0.29, 0.717) is 47.9 Å². The molecule has 2 aromatic heterocycles. The molecule has 29 heavy (non-hydrogen) atoms. The third-order valence-corrected chi connectivity index (χ3v) is 5.23. The molecular formula is C21H27N3O5. The van der Waals surface area contributed by atoms with Crippen molar-refractivity contribution in [2.24, 2.45) is 5.92 Å². The highest BCUT2D eigenvalue weighted by Crippen LogP contribution is 2.24. The van der Waals surface area contributed by atoms with Crippen LogP contribution in [0.4, 0.5) is 0 Å². The Morgan fingerprint density at radius 3 is 2.83 bits per heavy atom. The van der Waals surface area contributed by atoms with Gasteiger partial charge in [0.15, 0.2) is 0 Å². The number of nitrogens with one attached hydrogen (secondary N) is 2. The Bertz CT molecular complexity index is 885. The fraction of sp³-hybridized carbons (Fsp3) is 0.476. The molecule has 0 saturated carbocycles. The lowest BCUT2D eigenvalue weighted by Gasteiger charge is -2.32. The predicted molar refractivity (Wildman–Crippen MR) is 105 cm³/mol. The fourth-order valence-electron chi connectivity index (χ4n) is 3.74. The third-order valence-electron chi connectivity index (χ3n) is 5.23. The first-order chi connectivity index (χ1) is 13.9. The Hall–Kier alpha value is -3.03. The van der Waals surface area contributed by atoms with Gasteiger partial charge in [0.2, 0.25) is 5.91 Å². The minimum absolute atomic E-state index is 0.0921.